The molecule has 1 aromatic heterocycles. The van der Waals surface area contributed by atoms with E-state index in [1.807, 2.05) is 18.2 Å². The molecule has 4 rings (SSSR count). The summed E-state index contributed by atoms with van der Waals surface area (Å²) < 4.78 is 0. The van der Waals surface area contributed by atoms with E-state index in [4.69, 9.17) is 0 Å². The van der Waals surface area contributed by atoms with Crippen molar-refractivity contribution in [2.75, 3.05) is 0 Å². The van der Waals surface area contributed by atoms with Gasteiger partial charge in [0.2, 0.25) is 0 Å². The Morgan fingerprint density at radius 3 is 1.91 bits per heavy atom. The van der Waals surface area contributed by atoms with E-state index in [2.05, 4.69) is 79.5 Å². The zero-order valence-electron chi connectivity index (χ0n) is 13.6. The van der Waals surface area contributed by atoms with Crippen LogP contribution in [0.4, 0.5) is 0 Å². The lowest BCUT2D eigenvalue weighted by molar-refractivity contribution is 0.683. The molecule has 0 spiro atoms. The van der Waals surface area contributed by atoms with E-state index in [1.54, 1.807) is 12.4 Å². The van der Waals surface area contributed by atoms with E-state index in [-0.39, 0.29) is 5.41 Å². The van der Waals surface area contributed by atoms with Gasteiger partial charge < -0.3 is 0 Å². The third-order valence-electron chi connectivity index (χ3n) is 4.07. The molecule has 0 radical (unpaired) electrons. The second-order valence-corrected chi connectivity index (χ2v) is 6.22. The molecule has 0 unspecified atom stereocenters. The smallest absolute Gasteiger partial charge is 0.0267 e. The van der Waals surface area contributed by atoms with Crippen LogP contribution in [0.25, 0.3) is 5.57 Å². The zero-order valence-corrected chi connectivity index (χ0v) is 13.6. The Bertz CT molecular complexity index is 760. The monoisotopic (exact) mass is 299 g/mol. The van der Waals surface area contributed by atoms with Gasteiger partial charge >= 0.3 is 0 Å². The van der Waals surface area contributed by atoms with Crippen molar-refractivity contribution in [3.8, 4) is 0 Å². The first-order valence-corrected chi connectivity index (χ1v) is 7.92. The summed E-state index contributed by atoms with van der Waals surface area (Å²) in [5, 5.41) is 0. The highest BCUT2D eigenvalue weighted by Gasteiger charge is 2.29. The number of rotatable bonds is 1. The topological polar surface area (TPSA) is 12.9 Å². The number of hydrogen-bond acceptors (Lipinski definition) is 1. The Morgan fingerprint density at radius 2 is 1.30 bits per heavy atom. The molecule has 0 amide bonds. The van der Waals surface area contributed by atoms with Gasteiger partial charge in [0, 0.05) is 17.8 Å². The van der Waals surface area contributed by atoms with Crippen molar-refractivity contribution in [1.29, 1.82) is 0 Å². The minimum absolute atomic E-state index is 0.141. The maximum atomic E-state index is 3.78. The van der Waals surface area contributed by atoms with Gasteiger partial charge in [0.1, 0.15) is 0 Å². The van der Waals surface area contributed by atoms with Crippen LogP contribution in [0.5, 0.6) is 0 Å². The number of nitrogens with zero attached hydrogens (tertiary/aromatic N) is 1. The molecule has 0 N–H and O–H groups in total. The molecule has 1 aliphatic rings. The predicted octanol–water partition coefficient (Wildman–Crippen LogP) is 5.49. The molecule has 3 aromatic rings. The van der Waals surface area contributed by atoms with E-state index >= 15 is 0 Å². The Kier molecular flexibility index (Phi) is 4.38. The third-order valence-corrected chi connectivity index (χ3v) is 4.07. The lowest BCUT2D eigenvalue weighted by Gasteiger charge is -2.16. The van der Waals surface area contributed by atoms with Crippen LogP contribution in [0, 0.1) is 0 Å². The fourth-order valence-corrected chi connectivity index (χ4v) is 2.97. The van der Waals surface area contributed by atoms with Crippen LogP contribution in [0.3, 0.4) is 0 Å². The van der Waals surface area contributed by atoms with Crippen LogP contribution in [0.1, 0.15) is 30.5 Å². The van der Waals surface area contributed by atoms with Crippen LogP contribution in [-0.4, -0.2) is 4.98 Å². The van der Waals surface area contributed by atoms with Crippen molar-refractivity contribution in [3.05, 3.63) is 108 Å². The van der Waals surface area contributed by atoms with Gasteiger partial charge in [-0.2, -0.15) is 0 Å². The van der Waals surface area contributed by atoms with Gasteiger partial charge in [-0.1, -0.05) is 80.6 Å². The van der Waals surface area contributed by atoms with Gasteiger partial charge in [0.05, 0.1) is 0 Å². The summed E-state index contributed by atoms with van der Waals surface area (Å²) >= 11 is 0. The lowest BCUT2D eigenvalue weighted by Crippen LogP contribution is -2.10. The highest BCUT2D eigenvalue weighted by Crippen LogP contribution is 2.42. The first-order chi connectivity index (χ1) is 11.2. The highest BCUT2D eigenvalue weighted by molar-refractivity contribution is 5.86. The van der Waals surface area contributed by atoms with E-state index in [0.717, 1.165) is 0 Å². The largest absolute Gasteiger partial charge is 0.265 e. The molecule has 1 aliphatic carbocycles. The molecule has 23 heavy (non-hydrogen) atoms. The van der Waals surface area contributed by atoms with Crippen molar-refractivity contribution in [3.63, 3.8) is 0 Å². The van der Waals surface area contributed by atoms with Gasteiger partial charge in [0.25, 0.3) is 0 Å². The summed E-state index contributed by atoms with van der Waals surface area (Å²) in [5.74, 6) is 0. The average Bonchev–Trinajstić information content (AvgIpc) is 2.90. The summed E-state index contributed by atoms with van der Waals surface area (Å²) in [7, 11) is 0. The molecule has 0 fully saturated rings. The molecular formula is C22H21N. The quantitative estimate of drug-likeness (QED) is 0.579. The van der Waals surface area contributed by atoms with Crippen molar-refractivity contribution in [2.45, 2.75) is 19.3 Å². The Balaban J connectivity index is 0.000000220. The fourth-order valence-electron chi connectivity index (χ4n) is 2.97. The summed E-state index contributed by atoms with van der Waals surface area (Å²) in [5.41, 5.74) is 5.63. The summed E-state index contributed by atoms with van der Waals surface area (Å²) in [6, 6.07) is 25.1. The average molecular weight is 299 g/mol. The van der Waals surface area contributed by atoms with Crippen LogP contribution in [0.15, 0.2) is 91.3 Å². The van der Waals surface area contributed by atoms with Crippen molar-refractivity contribution >= 4 is 5.57 Å². The van der Waals surface area contributed by atoms with Crippen molar-refractivity contribution < 1.29 is 0 Å². The minimum atomic E-state index is 0.141. The van der Waals surface area contributed by atoms with Gasteiger partial charge in [0.15, 0.2) is 0 Å². The van der Waals surface area contributed by atoms with E-state index < -0.39 is 0 Å². The molecule has 1 heteroatoms. The standard InChI is InChI=1S/C17H16.C5H5N/c1-17(2)12-15(13-8-4-3-5-9-13)14-10-6-7-11-16(14)17;1-2-4-6-5-3-1/h3-12H,1-2H3;1-5H. The molecule has 0 saturated carbocycles. The first kappa shape index (κ1) is 15.2. The summed E-state index contributed by atoms with van der Waals surface area (Å²) in [6.07, 6.45) is 5.88. The highest BCUT2D eigenvalue weighted by atomic mass is 14.6. The first-order valence-electron chi connectivity index (χ1n) is 7.92. The molecule has 114 valence electrons. The molecule has 0 saturated heterocycles. The Hall–Kier alpha value is -2.67. The predicted molar refractivity (Wildman–Crippen MR) is 97.2 cm³/mol. The van der Waals surface area contributed by atoms with Gasteiger partial charge in [-0.3, -0.25) is 4.98 Å². The Labute approximate surface area is 138 Å². The molecule has 0 bridgehead atoms. The van der Waals surface area contributed by atoms with E-state index in [0.29, 0.717) is 0 Å². The minimum Gasteiger partial charge on any atom is -0.265 e. The summed E-state index contributed by atoms with van der Waals surface area (Å²) in [4.78, 5) is 3.78. The van der Waals surface area contributed by atoms with E-state index in [9.17, 15) is 0 Å². The van der Waals surface area contributed by atoms with Crippen molar-refractivity contribution in [1.82, 2.24) is 4.98 Å². The molecule has 2 aromatic carbocycles. The molecule has 0 aliphatic heterocycles. The SMILES string of the molecule is CC1(C)C=C(c2ccccc2)c2ccccc21.c1ccncc1. The van der Waals surface area contributed by atoms with Gasteiger partial charge in [-0.15, -0.1) is 0 Å². The van der Waals surface area contributed by atoms with Crippen LogP contribution >= 0.6 is 0 Å². The summed E-state index contributed by atoms with van der Waals surface area (Å²) in [6.45, 7) is 4.56. The number of allylic oxidation sites excluding steroid dienone is 1. The molecular weight excluding hydrogens is 278 g/mol. The number of fused-ring (bicyclic) bond motifs is 1. The second-order valence-electron chi connectivity index (χ2n) is 6.22. The zero-order chi connectivity index (χ0) is 16.1. The van der Waals surface area contributed by atoms with Crippen LogP contribution in [0.2, 0.25) is 0 Å². The fraction of sp³-hybridized carbons (Fsp3) is 0.136. The number of pyridine rings is 1. The third kappa shape index (κ3) is 3.40. The van der Waals surface area contributed by atoms with E-state index in [1.165, 1.54) is 22.3 Å². The van der Waals surface area contributed by atoms with Crippen molar-refractivity contribution in [2.24, 2.45) is 0 Å². The Morgan fingerprint density at radius 1 is 0.696 bits per heavy atom. The molecule has 1 nitrogen and oxygen atoms in total. The van der Waals surface area contributed by atoms with Gasteiger partial charge in [-0.05, 0) is 34.4 Å². The lowest BCUT2D eigenvalue weighted by atomic mass is 9.87. The second kappa shape index (κ2) is 6.62. The number of aromatic nitrogens is 1. The number of hydrogen-bond donors (Lipinski definition) is 0. The maximum Gasteiger partial charge on any atom is 0.0267 e. The van der Waals surface area contributed by atoms with Crippen LogP contribution < -0.4 is 0 Å². The van der Waals surface area contributed by atoms with Gasteiger partial charge in [-0.25, -0.2) is 0 Å². The molecule has 0 atom stereocenters. The maximum absolute atomic E-state index is 3.78. The molecule has 1 heterocycles. The van der Waals surface area contributed by atoms with Crippen LogP contribution in [-0.2, 0) is 5.41 Å². The normalized spacial score (nSPS) is 14.3. The number of benzene rings is 2.